The van der Waals surface area contributed by atoms with E-state index >= 15 is 0 Å². The maximum Gasteiger partial charge on any atom is 0.410 e. The van der Waals surface area contributed by atoms with Crippen molar-refractivity contribution in [2.75, 3.05) is 13.1 Å². The van der Waals surface area contributed by atoms with Gasteiger partial charge in [0.2, 0.25) is 0 Å². The number of alkyl halides is 1. The number of carbonyl (C=O) groups is 2. The second kappa shape index (κ2) is 4.86. The van der Waals surface area contributed by atoms with E-state index in [1.165, 1.54) is 0 Å². The van der Waals surface area contributed by atoms with Crippen molar-refractivity contribution in [3.63, 3.8) is 0 Å². The van der Waals surface area contributed by atoms with Crippen LogP contribution in [0.15, 0.2) is 0 Å². The summed E-state index contributed by atoms with van der Waals surface area (Å²) in [6.07, 6.45) is 0.0578. The van der Waals surface area contributed by atoms with Gasteiger partial charge in [0.05, 0.1) is 10.3 Å². The van der Waals surface area contributed by atoms with Gasteiger partial charge in [-0.05, 0) is 20.8 Å². The third-order valence-corrected chi connectivity index (χ3v) is 4.12. The zero-order valence-electron chi connectivity index (χ0n) is 10.8. The molecule has 2 aliphatic heterocycles. The van der Waals surface area contributed by atoms with Gasteiger partial charge in [0, 0.05) is 19.0 Å². The normalized spacial score (nSPS) is 31.9. The van der Waals surface area contributed by atoms with Gasteiger partial charge in [-0.25, -0.2) is 4.79 Å². The number of rotatable bonds is 0. The number of hydrogen-bond donors (Lipinski definition) is 0. The fourth-order valence-corrected chi connectivity index (χ4v) is 3.52. The molecule has 0 unspecified atom stereocenters. The van der Waals surface area contributed by atoms with Crippen LogP contribution in [0.25, 0.3) is 0 Å². The molecule has 0 bridgehead atoms. The SMILES string of the molecule is CC(C)(C)OC(=O)N1C[C@@H]2CC(=O)O[C@@H]2[C@@H](I)C1. The first-order chi connectivity index (χ1) is 8.26. The Hall–Kier alpha value is -0.530. The number of esters is 1. The molecule has 2 aliphatic rings. The number of halogens is 1. The summed E-state index contributed by atoms with van der Waals surface area (Å²) in [5, 5.41) is 0. The molecule has 0 saturated carbocycles. The largest absolute Gasteiger partial charge is 0.461 e. The van der Waals surface area contributed by atoms with Crippen molar-refractivity contribution in [1.82, 2.24) is 4.90 Å². The van der Waals surface area contributed by atoms with Crippen LogP contribution < -0.4 is 0 Å². The van der Waals surface area contributed by atoms with E-state index in [9.17, 15) is 9.59 Å². The second-order valence-corrected chi connectivity index (χ2v) is 7.42. The number of fused-ring (bicyclic) bond motifs is 1. The second-order valence-electron chi connectivity index (χ2n) is 5.82. The maximum atomic E-state index is 12.0. The van der Waals surface area contributed by atoms with Crippen molar-refractivity contribution in [3.05, 3.63) is 0 Å². The lowest BCUT2D eigenvalue weighted by Gasteiger charge is -2.37. The van der Waals surface area contributed by atoms with Crippen molar-refractivity contribution in [2.24, 2.45) is 5.92 Å². The first kappa shape index (κ1) is 13.9. The zero-order valence-corrected chi connectivity index (χ0v) is 13.0. The quantitative estimate of drug-likeness (QED) is 0.373. The zero-order chi connectivity index (χ0) is 13.5. The van der Waals surface area contributed by atoms with Gasteiger partial charge in [-0.3, -0.25) is 4.79 Å². The average Bonchev–Trinajstić information content (AvgIpc) is 2.56. The van der Waals surface area contributed by atoms with E-state index in [0.717, 1.165) is 0 Å². The topological polar surface area (TPSA) is 55.8 Å². The van der Waals surface area contributed by atoms with E-state index in [2.05, 4.69) is 22.6 Å². The highest BCUT2D eigenvalue weighted by Gasteiger charge is 2.45. The summed E-state index contributed by atoms with van der Waals surface area (Å²) >= 11 is 2.24. The lowest BCUT2D eigenvalue weighted by Crippen LogP contribution is -2.51. The molecule has 2 rings (SSSR count). The van der Waals surface area contributed by atoms with Crippen LogP contribution in [0.5, 0.6) is 0 Å². The molecule has 0 aromatic rings. The summed E-state index contributed by atoms with van der Waals surface area (Å²) < 4.78 is 10.8. The average molecular weight is 367 g/mol. The van der Waals surface area contributed by atoms with Crippen molar-refractivity contribution < 1.29 is 19.1 Å². The molecule has 102 valence electrons. The lowest BCUT2D eigenvalue weighted by molar-refractivity contribution is -0.141. The van der Waals surface area contributed by atoms with Gasteiger partial charge in [0.15, 0.2) is 0 Å². The third kappa shape index (κ3) is 3.07. The number of piperidine rings is 1. The molecule has 0 aromatic carbocycles. The van der Waals surface area contributed by atoms with Gasteiger partial charge in [0.1, 0.15) is 11.7 Å². The summed E-state index contributed by atoms with van der Waals surface area (Å²) in [7, 11) is 0. The van der Waals surface area contributed by atoms with Crippen LogP contribution in [0, 0.1) is 5.92 Å². The first-order valence-corrected chi connectivity index (χ1v) is 7.32. The molecular weight excluding hydrogens is 349 g/mol. The van der Waals surface area contributed by atoms with Crippen LogP contribution in [0.2, 0.25) is 0 Å². The molecule has 2 heterocycles. The summed E-state index contributed by atoms with van der Waals surface area (Å²) in [4.78, 5) is 25.0. The van der Waals surface area contributed by atoms with Crippen molar-refractivity contribution in [3.8, 4) is 0 Å². The van der Waals surface area contributed by atoms with Gasteiger partial charge >= 0.3 is 12.1 Å². The van der Waals surface area contributed by atoms with Crippen molar-refractivity contribution in [2.45, 2.75) is 42.8 Å². The molecule has 5 nitrogen and oxygen atoms in total. The number of likely N-dealkylation sites (tertiary alicyclic amines) is 1. The number of nitrogens with zero attached hydrogens (tertiary/aromatic N) is 1. The highest BCUT2D eigenvalue weighted by Crippen LogP contribution is 2.34. The Kier molecular flexibility index (Phi) is 3.75. The molecule has 3 atom stereocenters. The van der Waals surface area contributed by atoms with E-state index in [1.54, 1.807) is 4.90 Å². The van der Waals surface area contributed by atoms with E-state index in [0.29, 0.717) is 19.5 Å². The van der Waals surface area contributed by atoms with Gasteiger partial charge in [0.25, 0.3) is 0 Å². The monoisotopic (exact) mass is 367 g/mol. The lowest BCUT2D eigenvalue weighted by atomic mass is 9.94. The fraction of sp³-hybridized carbons (Fsp3) is 0.833. The minimum absolute atomic E-state index is 0.0446. The summed E-state index contributed by atoms with van der Waals surface area (Å²) in [5.74, 6) is -0.0432. The first-order valence-electron chi connectivity index (χ1n) is 6.08. The standard InChI is InChI=1S/C12H18INO4/c1-12(2,3)18-11(16)14-5-7-4-9(15)17-10(7)8(13)6-14/h7-8,10H,4-6H2,1-3H3/t7-,8-,10-/m0/s1. The van der Waals surface area contributed by atoms with Gasteiger partial charge in [-0.1, -0.05) is 22.6 Å². The summed E-state index contributed by atoms with van der Waals surface area (Å²) in [5.41, 5.74) is -0.489. The van der Waals surface area contributed by atoms with Crippen molar-refractivity contribution >= 4 is 34.7 Å². The number of hydrogen-bond acceptors (Lipinski definition) is 4. The van der Waals surface area contributed by atoms with Crippen LogP contribution in [-0.4, -0.2) is 45.7 Å². The molecule has 0 aromatic heterocycles. The number of carbonyl (C=O) groups excluding carboxylic acids is 2. The summed E-state index contributed by atoms with van der Waals surface area (Å²) in [6.45, 7) is 6.67. The molecular formula is C12H18INO4. The Bertz CT molecular complexity index is 366. The van der Waals surface area contributed by atoms with Crippen LogP contribution >= 0.6 is 22.6 Å². The number of ether oxygens (including phenoxy) is 2. The molecule has 1 amide bonds. The Balaban J connectivity index is 2.00. The van der Waals surface area contributed by atoms with Crippen LogP contribution in [-0.2, 0) is 14.3 Å². The molecule has 2 fully saturated rings. The fourth-order valence-electron chi connectivity index (χ4n) is 2.31. The third-order valence-electron chi connectivity index (χ3n) is 3.02. The molecule has 18 heavy (non-hydrogen) atoms. The predicted octanol–water partition coefficient (Wildman–Crippen LogP) is 1.97. The smallest absolute Gasteiger partial charge is 0.410 e. The number of amides is 1. The van der Waals surface area contributed by atoms with Gasteiger partial charge in [-0.2, -0.15) is 0 Å². The molecule has 0 N–H and O–H groups in total. The van der Waals surface area contributed by atoms with E-state index < -0.39 is 5.60 Å². The van der Waals surface area contributed by atoms with Crippen LogP contribution in [0.4, 0.5) is 4.79 Å². The van der Waals surface area contributed by atoms with Crippen LogP contribution in [0.3, 0.4) is 0 Å². The minimum Gasteiger partial charge on any atom is -0.461 e. The van der Waals surface area contributed by atoms with Gasteiger partial charge < -0.3 is 14.4 Å². The van der Waals surface area contributed by atoms with E-state index in [4.69, 9.17) is 9.47 Å². The highest BCUT2D eigenvalue weighted by atomic mass is 127. The van der Waals surface area contributed by atoms with Crippen LogP contribution in [0.1, 0.15) is 27.2 Å². The summed E-state index contributed by atoms with van der Waals surface area (Å²) in [6, 6.07) is 0. The molecule has 0 aliphatic carbocycles. The molecule has 0 radical (unpaired) electrons. The Morgan fingerprint density at radius 3 is 2.72 bits per heavy atom. The Morgan fingerprint density at radius 1 is 1.44 bits per heavy atom. The minimum atomic E-state index is -0.489. The highest BCUT2D eigenvalue weighted by molar-refractivity contribution is 14.1. The van der Waals surface area contributed by atoms with Crippen molar-refractivity contribution in [1.29, 1.82) is 0 Å². The molecule has 0 spiro atoms. The predicted molar refractivity (Wildman–Crippen MR) is 73.6 cm³/mol. The maximum absolute atomic E-state index is 12.0. The Labute approximate surface area is 120 Å². The van der Waals surface area contributed by atoms with E-state index in [1.807, 2.05) is 20.8 Å². The van der Waals surface area contributed by atoms with E-state index in [-0.39, 0.29) is 28.0 Å². The van der Waals surface area contributed by atoms with Gasteiger partial charge in [-0.15, -0.1) is 0 Å². The Morgan fingerprint density at radius 2 is 2.11 bits per heavy atom. The molecule has 6 heteroatoms. The molecule has 2 saturated heterocycles.